The molecule has 1 fully saturated rings. The zero-order valence-electron chi connectivity index (χ0n) is 11.3. The molecule has 1 aromatic heterocycles. The number of aliphatic hydroxyl groups is 1. The highest BCUT2D eigenvalue weighted by Crippen LogP contribution is 2.31. The molecule has 0 saturated carbocycles. The van der Waals surface area contributed by atoms with Crippen molar-refractivity contribution in [3.63, 3.8) is 0 Å². The average molecular weight is 249 g/mol. The van der Waals surface area contributed by atoms with Gasteiger partial charge >= 0.3 is 0 Å². The maximum atomic E-state index is 9.16. The molecule has 0 amide bonds. The van der Waals surface area contributed by atoms with E-state index in [1.54, 1.807) is 0 Å². The standard InChI is InChI=1S/C14H23N3O/c1-10-8-14(13(9-15)11(2)16-10)17-6-3-4-12(17)5-7-18/h8,12,18H,3-7,9,15H2,1-2H3. The smallest absolute Gasteiger partial charge is 0.0450 e. The molecule has 4 heteroatoms. The Kier molecular flexibility index (Phi) is 4.19. The first-order chi connectivity index (χ1) is 8.67. The number of hydrogen-bond donors (Lipinski definition) is 2. The summed E-state index contributed by atoms with van der Waals surface area (Å²) in [6.45, 7) is 5.88. The summed E-state index contributed by atoms with van der Waals surface area (Å²) in [6.07, 6.45) is 3.19. The summed E-state index contributed by atoms with van der Waals surface area (Å²) in [5.74, 6) is 0. The van der Waals surface area contributed by atoms with E-state index in [0.717, 1.165) is 36.3 Å². The lowest BCUT2D eigenvalue weighted by Crippen LogP contribution is -2.31. The highest BCUT2D eigenvalue weighted by atomic mass is 16.3. The Hall–Kier alpha value is -1.13. The number of rotatable bonds is 4. The minimum atomic E-state index is 0.252. The zero-order valence-corrected chi connectivity index (χ0v) is 11.3. The van der Waals surface area contributed by atoms with Crippen molar-refractivity contribution in [2.24, 2.45) is 5.73 Å². The summed E-state index contributed by atoms with van der Waals surface area (Å²) in [6, 6.07) is 2.58. The molecule has 0 spiro atoms. The van der Waals surface area contributed by atoms with E-state index in [9.17, 15) is 0 Å². The largest absolute Gasteiger partial charge is 0.396 e. The number of nitrogens with two attached hydrogens (primary N) is 1. The second-order valence-electron chi connectivity index (χ2n) is 5.05. The topological polar surface area (TPSA) is 62.4 Å². The summed E-state index contributed by atoms with van der Waals surface area (Å²) >= 11 is 0. The molecule has 0 radical (unpaired) electrons. The highest BCUT2D eigenvalue weighted by molar-refractivity contribution is 5.57. The number of hydrogen-bond acceptors (Lipinski definition) is 4. The normalized spacial score (nSPS) is 19.6. The van der Waals surface area contributed by atoms with Gasteiger partial charge in [0.15, 0.2) is 0 Å². The third-order valence-corrected chi connectivity index (χ3v) is 3.79. The van der Waals surface area contributed by atoms with Gasteiger partial charge in [-0.25, -0.2) is 0 Å². The second kappa shape index (κ2) is 5.67. The molecule has 0 aliphatic carbocycles. The Labute approximate surface area is 109 Å². The number of aromatic nitrogens is 1. The third-order valence-electron chi connectivity index (χ3n) is 3.79. The van der Waals surface area contributed by atoms with Crippen LogP contribution in [0.3, 0.4) is 0 Å². The fourth-order valence-electron chi connectivity index (χ4n) is 2.95. The Morgan fingerprint density at radius 1 is 1.50 bits per heavy atom. The molecule has 1 unspecified atom stereocenters. The summed E-state index contributed by atoms with van der Waals surface area (Å²) in [7, 11) is 0. The molecule has 1 aliphatic heterocycles. The van der Waals surface area contributed by atoms with Gasteiger partial charge in [0, 0.05) is 48.4 Å². The molecule has 1 aromatic rings. The Bertz CT molecular complexity index is 420. The van der Waals surface area contributed by atoms with Crippen LogP contribution in [0.5, 0.6) is 0 Å². The molecule has 18 heavy (non-hydrogen) atoms. The Balaban J connectivity index is 2.37. The van der Waals surface area contributed by atoms with Crippen LogP contribution in [0.4, 0.5) is 5.69 Å². The second-order valence-corrected chi connectivity index (χ2v) is 5.05. The predicted molar refractivity (Wildman–Crippen MR) is 73.7 cm³/mol. The van der Waals surface area contributed by atoms with E-state index >= 15 is 0 Å². The van der Waals surface area contributed by atoms with Gasteiger partial charge in [-0.2, -0.15) is 0 Å². The molecule has 2 heterocycles. The average Bonchev–Trinajstić information content (AvgIpc) is 2.76. The van der Waals surface area contributed by atoms with Gasteiger partial charge in [0.05, 0.1) is 0 Å². The van der Waals surface area contributed by atoms with E-state index in [-0.39, 0.29) is 6.61 Å². The molecule has 100 valence electrons. The van der Waals surface area contributed by atoms with Crippen LogP contribution in [0, 0.1) is 13.8 Å². The van der Waals surface area contributed by atoms with Crippen LogP contribution in [-0.4, -0.2) is 29.3 Å². The Morgan fingerprint density at radius 3 is 2.94 bits per heavy atom. The number of aryl methyl sites for hydroxylation is 2. The molecule has 1 saturated heterocycles. The SMILES string of the molecule is Cc1cc(N2CCCC2CCO)c(CN)c(C)n1. The van der Waals surface area contributed by atoms with Gasteiger partial charge in [0.1, 0.15) is 0 Å². The molecule has 1 atom stereocenters. The quantitative estimate of drug-likeness (QED) is 0.849. The number of aliphatic hydroxyl groups excluding tert-OH is 1. The summed E-state index contributed by atoms with van der Waals surface area (Å²) in [4.78, 5) is 6.89. The number of pyridine rings is 1. The minimum absolute atomic E-state index is 0.252. The maximum Gasteiger partial charge on any atom is 0.0450 e. The number of nitrogens with zero attached hydrogens (tertiary/aromatic N) is 2. The summed E-state index contributed by atoms with van der Waals surface area (Å²) in [5, 5.41) is 9.16. The van der Waals surface area contributed by atoms with Gasteiger partial charge < -0.3 is 15.7 Å². The van der Waals surface area contributed by atoms with Gasteiger partial charge in [0.2, 0.25) is 0 Å². The first kappa shape index (κ1) is 13.3. The molecule has 3 N–H and O–H groups in total. The molecule has 0 bridgehead atoms. The van der Waals surface area contributed by atoms with Crippen LogP contribution in [-0.2, 0) is 6.54 Å². The van der Waals surface area contributed by atoms with E-state index in [4.69, 9.17) is 10.8 Å². The van der Waals surface area contributed by atoms with E-state index in [2.05, 4.69) is 16.0 Å². The predicted octanol–water partition coefficient (Wildman–Crippen LogP) is 1.51. The zero-order chi connectivity index (χ0) is 13.1. The molecule has 2 rings (SSSR count). The van der Waals surface area contributed by atoms with Crippen molar-refractivity contribution in [3.05, 3.63) is 23.0 Å². The van der Waals surface area contributed by atoms with Crippen LogP contribution in [0.1, 0.15) is 36.2 Å². The van der Waals surface area contributed by atoms with Crippen LogP contribution in [0.15, 0.2) is 6.07 Å². The molecule has 0 aromatic carbocycles. The van der Waals surface area contributed by atoms with Gasteiger partial charge in [-0.1, -0.05) is 0 Å². The first-order valence-electron chi connectivity index (χ1n) is 6.72. The van der Waals surface area contributed by atoms with Crippen molar-refractivity contribution in [1.29, 1.82) is 0 Å². The highest BCUT2D eigenvalue weighted by Gasteiger charge is 2.26. The lowest BCUT2D eigenvalue weighted by atomic mass is 10.1. The molecule has 4 nitrogen and oxygen atoms in total. The molecule has 1 aliphatic rings. The van der Waals surface area contributed by atoms with Crippen LogP contribution in [0.2, 0.25) is 0 Å². The first-order valence-corrected chi connectivity index (χ1v) is 6.72. The van der Waals surface area contributed by atoms with Crippen LogP contribution >= 0.6 is 0 Å². The van der Waals surface area contributed by atoms with Crippen molar-refractivity contribution in [2.45, 2.75) is 45.7 Å². The fraction of sp³-hybridized carbons (Fsp3) is 0.643. The van der Waals surface area contributed by atoms with E-state index in [1.165, 1.54) is 12.1 Å². The number of anilines is 1. The fourth-order valence-corrected chi connectivity index (χ4v) is 2.95. The van der Waals surface area contributed by atoms with Crippen molar-refractivity contribution >= 4 is 5.69 Å². The Morgan fingerprint density at radius 2 is 2.28 bits per heavy atom. The van der Waals surface area contributed by atoms with Crippen molar-refractivity contribution in [2.75, 3.05) is 18.1 Å². The van der Waals surface area contributed by atoms with Crippen molar-refractivity contribution in [1.82, 2.24) is 4.98 Å². The monoisotopic (exact) mass is 249 g/mol. The lowest BCUT2D eigenvalue weighted by Gasteiger charge is -2.29. The van der Waals surface area contributed by atoms with E-state index in [1.807, 2.05) is 13.8 Å². The molecular weight excluding hydrogens is 226 g/mol. The van der Waals surface area contributed by atoms with Gasteiger partial charge in [-0.15, -0.1) is 0 Å². The maximum absolute atomic E-state index is 9.16. The summed E-state index contributed by atoms with van der Waals surface area (Å²) < 4.78 is 0. The summed E-state index contributed by atoms with van der Waals surface area (Å²) in [5.41, 5.74) is 10.3. The van der Waals surface area contributed by atoms with Crippen molar-refractivity contribution < 1.29 is 5.11 Å². The van der Waals surface area contributed by atoms with Crippen LogP contribution in [0.25, 0.3) is 0 Å². The van der Waals surface area contributed by atoms with E-state index < -0.39 is 0 Å². The lowest BCUT2D eigenvalue weighted by molar-refractivity contribution is 0.276. The van der Waals surface area contributed by atoms with Crippen molar-refractivity contribution in [3.8, 4) is 0 Å². The van der Waals surface area contributed by atoms with E-state index in [0.29, 0.717) is 12.6 Å². The van der Waals surface area contributed by atoms with Gasteiger partial charge in [0.25, 0.3) is 0 Å². The third kappa shape index (κ3) is 2.49. The van der Waals surface area contributed by atoms with Crippen LogP contribution < -0.4 is 10.6 Å². The molecular formula is C14H23N3O. The van der Waals surface area contributed by atoms with Gasteiger partial charge in [-0.3, -0.25) is 4.98 Å². The van der Waals surface area contributed by atoms with Gasteiger partial charge in [-0.05, 0) is 39.2 Å². The minimum Gasteiger partial charge on any atom is -0.396 e.